The van der Waals surface area contributed by atoms with Crippen molar-refractivity contribution in [3.8, 4) is 22.9 Å². The van der Waals surface area contributed by atoms with Gasteiger partial charge in [-0.25, -0.2) is 8.78 Å². The molecule has 1 aliphatic heterocycles. The molecule has 2 aromatic rings. The van der Waals surface area contributed by atoms with Gasteiger partial charge in [0.2, 0.25) is 11.7 Å². The first-order valence-corrected chi connectivity index (χ1v) is 6.43. The predicted octanol–water partition coefficient (Wildman–Crippen LogP) is 2.29. The van der Waals surface area contributed by atoms with E-state index >= 15 is 0 Å². The normalized spacial score (nSPS) is 14.3. The highest BCUT2D eigenvalue weighted by molar-refractivity contribution is 5.66. The van der Waals surface area contributed by atoms with Gasteiger partial charge in [-0.3, -0.25) is 0 Å². The summed E-state index contributed by atoms with van der Waals surface area (Å²) in [6.45, 7) is 0.927. The fourth-order valence-electron chi connectivity index (χ4n) is 2.05. The van der Waals surface area contributed by atoms with Crippen LogP contribution in [0.15, 0.2) is 16.7 Å². The molecule has 21 heavy (non-hydrogen) atoms. The maximum atomic E-state index is 13.3. The van der Waals surface area contributed by atoms with Crippen LogP contribution in [0.1, 0.15) is 24.3 Å². The summed E-state index contributed by atoms with van der Waals surface area (Å²) in [7, 11) is 0. The number of fused-ring (bicyclic) bond motifs is 1. The second-order valence-corrected chi connectivity index (χ2v) is 4.45. The van der Waals surface area contributed by atoms with Crippen LogP contribution in [-0.2, 0) is 6.54 Å². The average Bonchev–Trinajstić information content (AvgIpc) is 2.84. The number of benzene rings is 1. The lowest BCUT2D eigenvalue weighted by molar-refractivity contribution is 0.151. The fraction of sp³-hybridized carbons (Fsp3) is 0.385. The minimum atomic E-state index is -2.70. The van der Waals surface area contributed by atoms with Gasteiger partial charge in [-0.05, 0) is 12.1 Å². The Morgan fingerprint density at radius 1 is 1.19 bits per heavy atom. The SMILES string of the molecule is NCc1nc(-c2cc3c(cc2C(F)F)OCCCO3)no1. The lowest BCUT2D eigenvalue weighted by atomic mass is 10.1. The Balaban J connectivity index is 2.11. The zero-order valence-corrected chi connectivity index (χ0v) is 11.0. The monoisotopic (exact) mass is 297 g/mol. The zero-order valence-electron chi connectivity index (χ0n) is 11.0. The molecule has 0 aliphatic carbocycles. The van der Waals surface area contributed by atoms with Crippen molar-refractivity contribution in [2.24, 2.45) is 5.73 Å². The zero-order chi connectivity index (χ0) is 14.8. The summed E-state index contributed by atoms with van der Waals surface area (Å²) in [5, 5.41) is 3.68. The van der Waals surface area contributed by atoms with Gasteiger partial charge in [0.25, 0.3) is 6.43 Å². The van der Waals surface area contributed by atoms with E-state index in [0.29, 0.717) is 31.1 Å². The highest BCUT2D eigenvalue weighted by Gasteiger charge is 2.23. The van der Waals surface area contributed by atoms with E-state index in [2.05, 4.69) is 10.1 Å². The van der Waals surface area contributed by atoms with Crippen LogP contribution in [0.4, 0.5) is 8.78 Å². The fourth-order valence-corrected chi connectivity index (χ4v) is 2.05. The van der Waals surface area contributed by atoms with Crippen molar-refractivity contribution in [3.05, 3.63) is 23.6 Å². The van der Waals surface area contributed by atoms with Crippen molar-refractivity contribution in [2.75, 3.05) is 13.2 Å². The molecule has 0 spiro atoms. The van der Waals surface area contributed by atoms with Crippen LogP contribution in [0, 0.1) is 0 Å². The third-order valence-electron chi connectivity index (χ3n) is 3.04. The van der Waals surface area contributed by atoms with Gasteiger partial charge < -0.3 is 19.7 Å². The number of hydrogen-bond donors (Lipinski definition) is 1. The maximum Gasteiger partial charge on any atom is 0.264 e. The van der Waals surface area contributed by atoms with E-state index in [4.69, 9.17) is 19.7 Å². The van der Waals surface area contributed by atoms with E-state index in [0.717, 1.165) is 0 Å². The molecule has 2 N–H and O–H groups in total. The largest absolute Gasteiger partial charge is 0.490 e. The Bertz CT molecular complexity index is 646. The van der Waals surface area contributed by atoms with Crippen LogP contribution in [-0.4, -0.2) is 23.4 Å². The van der Waals surface area contributed by atoms with Gasteiger partial charge in [0.1, 0.15) is 0 Å². The highest BCUT2D eigenvalue weighted by Crippen LogP contribution is 2.40. The highest BCUT2D eigenvalue weighted by atomic mass is 19.3. The van der Waals surface area contributed by atoms with E-state index < -0.39 is 6.43 Å². The minimum Gasteiger partial charge on any atom is -0.490 e. The van der Waals surface area contributed by atoms with Gasteiger partial charge in [-0.2, -0.15) is 4.98 Å². The molecule has 112 valence electrons. The Labute approximate surface area is 118 Å². The number of nitrogens with two attached hydrogens (primary N) is 1. The number of rotatable bonds is 3. The van der Waals surface area contributed by atoms with Crippen molar-refractivity contribution in [2.45, 2.75) is 19.4 Å². The molecule has 0 bridgehead atoms. The van der Waals surface area contributed by atoms with Crippen LogP contribution >= 0.6 is 0 Å². The van der Waals surface area contributed by atoms with Crippen LogP contribution in [0.5, 0.6) is 11.5 Å². The van der Waals surface area contributed by atoms with Gasteiger partial charge in [0.15, 0.2) is 11.5 Å². The number of nitrogens with zero attached hydrogens (tertiary/aromatic N) is 2. The third kappa shape index (κ3) is 2.66. The summed E-state index contributed by atoms with van der Waals surface area (Å²) < 4.78 is 42.3. The van der Waals surface area contributed by atoms with Crippen LogP contribution in [0.2, 0.25) is 0 Å². The molecule has 3 rings (SSSR count). The maximum absolute atomic E-state index is 13.3. The van der Waals surface area contributed by atoms with Crippen LogP contribution < -0.4 is 15.2 Å². The molecular formula is C13H13F2N3O3. The number of aromatic nitrogens is 2. The summed E-state index contributed by atoms with van der Waals surface area (Å²) in [5.41, 5.74) is 5.30. The number of halogens is 2. The minimum absolute atomic E-state index is 0.0432. The molecule has 6 nitrogen and oxygen atoms in total. The molecule has 0 atom stereocenters. The summed E-state index contributed by atoms with van der Waals surface area (Å²) in [5.74, 6) is 0.929. The molecule has 8 heteroatoms. The number of ether oxygens (including phenoxy) is 2. The van der Waals surface area contributed by atoms with Crippen LogP contribution in [0.25, 0.3) is 11.4 Å². The lowest BCUT2D eigenvalue weighted by Crippen LogP contribution is -1.98. The number of hydrogen-bond acceptors (Lipinski definition) is 6. The quantitative estimate of drug-likeness (QED) is 0.935. The first kappa shape index (κ1) is 13.7. The smallest absolute Gasteiger partial charge is 0.264 e. The van der Waals surface area contributed by atoms with Gasteiger partial charge in [-0.1, -0.05) is 5.16 Å². The van der Waals surface area contributed by atoms with Crippen molar-refractivity contribution in [3.63, 3.8) is 0 Å². The Morgan fingerprint density at radius 2 is 1.90 bits per heavy atom. The van der Waals surface area contributed by atoms with Crippen molar-refractivity contribution < 1.29 is 22.8 Å². The molecule has 0 saturated carbocycles. The summed E-state index contributed by atoms with van der Waals surface area (Å²) >= 11 is 0. The van der Waals surface area contributed by atoms with Crippen molar-refractivity contribution in [1.82, 2.24) is 10.1 Å². The van der Waals surface area contributed by atoms with Crippen molar-refractivity contribution in [1.29, 1.82) is 0 Å². The molecule has 0 radical (unpaired) electrons. The predicted molar refractivity (Wildman–Crippen MR) is 68.2 cm³/mol. The van der Waals surface area contributed by atoms with E-state index in [-0.39, 0.29) is 29.4 Å². The van der Waals surface area contributed by atoms with E-state index in [1.165, 1.54) is 12.1 Å². The molecule has 1 aromatic heterocycles. The summed E-state index contributed by atoms with van der Waals surface area (Å²) in [4.78, 5) is 3.98. The molecule has 0 saturated heterocycles. The van der Waals surface area contributed by atoms with Gasteiger partial charge in [0.05, 0.1) is 19.8 Å². The molecule has 0 unspecified atom stereocenters. The van der Waals surface area contributed by atoms with E-state index in [1.807, 2.05) is 0 Å². The Kier molecular flexibility index (Phi) is 3.70. The molecule has 1 aliphatic rings. The topological polar surface area (TPSA) is 83.4 Å². The molecule has 0 amide bonds. The lowest BCUT2D eigenvalue weighted by Gasteiger charge is -2.12. The van der Waals surface area contributed by atoms with Crippen LogP contribution in [0.3, 0.4) is 0 Å². The first-order chi connectivity index (χ1) is 10.2. The molecule has 0 fully saturated rings. The number of alkyl halides is 2. The standard InChI is InChI=1S/C13H13F2N3O3/c14-12(15)7-4-9-10(20-3-1-2-19-9)5-8(7)13-17-11(6-16)21-18-13/h4-5,12H,1-3,6,16H2. The first-order valence-electron chi connectivity index (χ1n) is 6.43. The molecule has 1 aromatic carbocycles. The third-order valence-corrected chi connectivity index (χ3v) is 3.04. The second-order valence-electron chi connectivity index (χ2n) is 4.45. The molecule has 2 heterocycles. The van der Waals surface area contributed by atoms with Crippen molar-refractivity contribution >= 4 is 0 Å². The molecular weight excluding hydrogens is 284 g/mol. The Hall–Kier alpha value is -2.22. The Morgan fingerprint density at radius 3 is 2.52 bits per heavy atom. The van der Waals surface area contributed by atoms with Gasteiger partial charge in [0, 0.05) is 17.5 Å². The van der Waals surface area contributed by atoms with E-state index in [1.54, 1.807) is 0 Å². The second kappa shape index (κ2) is 5.65. The van der Waals surface area contributed by atoms with Gasteiger partial charge >= 0.3 is 0 Å². The van der Waals surface area contributed by atoms with Gasteiger partial charge in [-0.15, -0.1) is 0 Å². The summed E-state index contributed by atoms with van der Waals surface area (Å²) in [6.07, 6.45) is -2.01. The van der Waals surface area contributed by atoms with E-state index in [9.17, 15) is 8.78 Å². The summed E-state index contributed by atoms with van der Waals surface area (Å²) in [6, 6.07) is 2.71. The average molecular weight is 297 g/mol.